The van der Waals surface area contributed by atoms with Crippen LogP contribution in [-0.4, -0.2) is 15.9 Å². The van der Waals surface area contributed by atoms with Crippen molar-refractivity contribution < 1.29 is 4.79 Å². The third kappa shape index (κ3) is 2.63. The summed E-state index contributed by atoms with van der Waals surface area (Å²) < 4.78 is 0. The highest BCUT2D eigenvalue weighted by Crippen LogP contribution is 2.06. The Morgan fingerprint density at radius 1 is 1.24 bits per heavy atom. The average Bonchev–Trinajstić information content (AvgIpc) is 2.40. The molecule has 2 heterocycles. The lowest BCUT2D eigenvalue weighted by atomic mass is 10.3. The molecule has 17 heavy (non-hydrogen) atoms. The van der Waals surface area contributed by atoms with Crippen molar-refractivity contribution in [2.75, 3.05) is 5.32 Å². The van der Waals surface area contributed by atoms with Crippen LogP contribution in [0.4, 0.5) is 5.69 Å². The van der Waals surface area contributed by atoms with Gasteiger partial charge in [0.2, 0.25) is 0 Å². The van der Waals surface area contributed by atoms with Crippen LogP contribution < -0.4 is 5.32 Å². The van der Waals surface area contributed by atoms with E-state index in [9.17, 15) is 4.79 Å². The lowest BCUT2D eigenvalue weighted by Crippen LogP contribution is -2.13. The molecule has 1 N–H and O–H groups in total. The summed E-state index contributed by atoms with van der Waals surface area (Å²) in [4.78, 5) is 19.5. The molecule has 0 fully saturated rings. The van der Waals surface area contributed by atoms with E-state index < -0.39 is 0 Å². The highest BCUT2D eigenvalue weighted by Gasteiger charge is 2.07. The lowest BCUT2D eigenvalue weighted by molar-refractivity contribution is 0.102. The van der Waals surface area contributed by atoms with E-state index in [-0.39, 0.29) is 17.3 Å². The van der Waals surface area contributed by atoms with Crippen LogP contribution in [0, 0.1) is 11.3 Å². The number of nitrogens with zero attached hydrogens (tertiary/aromatic N) is 3. The maximum absolute atomic E-state index is 11.8. The average molecular weight is 224 g/mol. The lowest BCUT2D eigenvalue weighted by Gasteiger charge is -2.03. The van der Waals surface area contributed by atoms with Gasteiger partial charge >= 0.3 is 0 Å². The summed E-state index contributed by atoms with van der Waals surface area (Å²) in [6.45, 7) is 0. The topological polar surface area (TPSA) is 78.7 Å². The number of hydrogen-bond acceptors (Lipinski definition) is 4. The van der Waals surface area contributed by atoms with Crippen molar-refractivity contribution in [1.82, 2.24) is 9.97 Å². The molecule has 0 unspecified atom stereocenters. The van der Waals surface area contributed by atoms with Crippen molar-refractivity contribution >= 4 is 11.6 Å². The monoisotopic (exact) mass is 224 g/mol. The Kier molecular flexibility index (Phi) is 3.08. The molecule has 5 nitrogen and oxygen atoms in total. The number of pyridine rings is 2. The number of aromatic nitrogens is 2. The molecule has 1 amide bonds. The molecular weight excluding hydrogens is 216 g/mol. The maximum Gasteiger partial charge on any atom is 0.274 e. The Labute approximate surface area is 97.8 Å². The van der Waals surface area contributed by atoms with Crippen LogP contribution in [0.25, 0.3) is 0 Å². The first-order valence-electron chi connectivity index (χ1n) is 4.88. The van der Waals surface area contributed by atoms with Gasteiger partial charge in [-0.2, -0.15) is 5.26 Å². The minimum atomic E-state index is -0.353. The first-order chi connectivity index (χ1) is 8.29. The Balaban J connectivity index is 2.18. The molecule has 0 aliphatic carbocycles. The number of anilines is 1. The molecule has 0 radical (unpaired) electrons. The highest BCUT2D eigenvalue weighted by molar-refractivity contribution is 6.02. The Morgan fingerprint density at radius 3 is 2.71 bits per heavy atom. The molecule has 0 aliphatic rings. The zero-order valence-electron chi connectivity index (χ0n) is 8.79. The van der Waals surface area contributed by atoms with Crippen LogP contribution in [0.3, 0.4) is 0 Å². The Morgan fingerprint density at radius 2 is 2.00 bits per heavy atom. The first-order valence-corrected chi connectivity index (χ1v) is 4.88. The number of carbonyl (C=O) groups is 1. The standard InChI is InChI=1S/C12H8N4O/c13-8-10-2-1-3-11(15-10)12(17)16-9-4-6-14-7-5-9/h1-7H,(H,14,16,17). The molecule has 0 saturated carbocycles. The van der Waals surface area contributed by atoms with Crippen LogP contribution in [-0.2, 0) is 0 Å². The fourth-order valence-corrected chi connectivity index (χ4v) is 1.25. The highest BCUT2D eigenvalue weighted by atomic mass is 16.1. The smallest absolute Gasteiger partial charge is 0.274 e. The largest absolute Gasteiger partial charge is 0.321 e. The molecular formula is C12H8N4O. The maximum atomic E-state index is 11.8. The molecule has 0 spiro atoms. The van der Waals surface area contributed by atoms with Gasteiger partial charge in [-0.1, -0.05) is 6.07 Å². The molecule has 2 aromatic heterocycles. The molecule has 2 aromatic rings. The van der Waals surface area contributed by atoms with Gasteiger partial charge in [-0.25, -0.2) is 4.98 Å². The van der Waals surface area contributed by atoms with Gasteiger partial charge in [0.1, 0.15) is 17.5 Å². The molecule has 82 valence electrons. The zero-order chi connectivity index (χ0) is 12.1. The number of nitriles is 1. The first kappa shape index (κ1) is 10.8. The molecule has 0 aliphatic heterocycles. The van der Waals surface area contributed by atoms with Gasteiger partial charge in [-0.05, 0) is 24.3 Å². The zero-order valence-corrected chi connectivity index (χ0v) is 8.79. The van der Waals surface area contributed by atoms with E-state index in [4.69, 9.17) is 5.26 Å². The number of rotatable bonds is 2. The van der Waals surface area contributed by atoms with Crippen LogP contribution in [0.1, 0.15) is 16.2 Å². The van der Waals surface area contributed by atoms with Gasteiger partial charge in [0.25, 0.3) is 5.91 Å². The van der Waals surface area contributed by atoms with Crippen molar-refractivity contribution in [2.24, 2.45) is 0 Å². The molecule has 2 rings (SSSR count). The van der Waals surface area contributed by atoms with E-state index in [2.05, 4.69) is 15.3 Å². The second-order valence-electron chi connectivity index (χ2n) is 3.21. The van der Waals surface area contributed by atoms with Crippen LogP contribution >= 0.6 is 0 Å². The summed E-state index contributed by atoms with van der Waals surface area (Å²) in [7, 11) is 0. The van der Waals surface area contributed by atoms with Gasteiger partial charge in [-0.3, -0.25) is 9.78 Å². The predicted molar refractivity (Wildman–Crippen MR) is 61.1 cm³/mol. The van der Waals surface area contributed by atoms with Gasteiger partial charge in [0, 0.05) is 18.1 Å². The van der Waals surface area contributed by atoms with Gasteiger partial charge in [-0.15, -0.1) is 0 Å². The molecule has 0 bridgehead atoms. The van der Waals surface area contributed by atoms with Crippen molar-refractivity contribution in [1.29, 1.82) is 5.26 Å². The van der Waals surface area contributed by atoms with Crippen LogP contribution in [0.5, 0.6) is 0 Å². The van der Waals surface area contributed by atoms with Crippen LogP contribution in [0.15, 0.2) is 42.7 Å². The molecule has 0 aromatic carbocycles. The van der Waals surface area contributed by atoms with Gasteiger partial charge in [0.05, 0.1) is 0 Å². The third-order valence-electron chi connectivity index (χ3n) is 2.03. The summed E-state index contributed by atoms with van der Waals surface area (Å²) in [5, 5.41) is 11.3. The number of amides is 1. The quantitative estimate of drug-likeness (QED) is 0.840. The summed E-state index contributed by atoms with van der Waals surface area (Å²) in [5.74, 6) is -0.353. The number of nitrogens with one attached hydrogen (secondary N) is 1. The second kappa shape index (κ2) is 4.86. The SMILES string of the molecule is N#Cc1cccc(C(=O)Nc2ccncc2)n1. The van der Waals surface area contributed by atoms with Gasteiger partial charge in [0.15, 0.2) is 0 Å². The normalized spacial score (nSPS) is 9.35. The molecule has 0 atom stereocenters. The number of hydrogen-bond donors (Lipinski definition) is 1. The fraction of sp³-hybridized carbons (Fsp3) is 0. The third-order valence-corrected chi connectivity index (χ3v) is 2.03. The second-order valence-corrected chi connectivity index (χ2v) is 3.21. The summed E-state index contributed by atoms with van der Waals surface area (Å²) in [6.07, 6.45) is 3.16. The van der Waals surface area contributed by atoms with Crippen molar-refractivity contribution in [3.05, 3.63) is 54.1 Å². The molecule has 5 heteroatoms. The van der Waals surface area contributed by atoms with E-state index in [0.29, 0.717) is 5.69 Å². The molecule has 0 saturated heterocycles. The number of carbonyl (C=O) groups excluding carboxylic acids is 1. The van der Waals surface area contributed by atoms with E-state index in [1.54, 1.807) is 42.7 Å². The van der Waals surface area contributed by atoms with Crippen molar-refractivity contribution in [3.8, 4) is 6.07 Å². The summed E-state index contributed by atoms with van der Waals surface area (Å²) in [5.41, 5.74) is 1.06. The Bertz CT molecular complexity index is 575. The summed E-state index contributed by atoms with van der Waals surface area (Å²) >= 11 is 0. The van der Waals surface area contributed by atoms with Crippen molar-refractivity contribution in [2.45, 2.75) is 0 Å². The fourth-order valence-electron chi connectivity index (χ4n) is 1.25. The van der Waals surface area contributed by atoms with E-state index in [0.717, 1.165) is 0 Å². The van der Waals surface area contributed by atoms with E-state index in [1.165, 1.54) is 0 Å². The van der Waals surface area contributed by atoms with E-state index in [1.807, 2.05) is 6.07 Å². The van der Waals surface area contributed by atoms with E-state index >= 15 is 0 Å². The Hall–Kier alpha value is -2.74. The minimum Gasteiger partial charge on any atom is -0.321 e. The van der Waals surface area contributed by atoms with Crippen molar-refractivity contribution in [3.63, 3.8) is 0 Å². The van der Waals surface area contributed by atoms with Crippen LogP contribution in [0.2, 0.25) is 0 Å². The van der Waals surface area contributed by atoms with Gasteiger partial charge < -0.3 is 5.32 Å². The minimum absolute atomic E-state index is 0.209. The summed E-state index contributed by atoms with van der Waals surface area (Å²) in [6, 6.07) is 9.95. The predicted octanol–water partition coefficient (Wildman–Crippen LogP) is 1.60.